The molecule has 2 aromatic rings. The largest absolute Gasteiger partial charge is 0.512 e. The Kier molecular flexibility index (Phi) is 8.33. The fraction of sp³-hybridized carbons (Fsp3) is 0.154. The molecule has 0 fully saturated rings. The molecule has 1 aromatic heterocycles. The van der Waals surface area contributed by atoms with Gasteiger partial charge in [0.1, 0.15) is 0 Å². The van der Waals surface area contributed by atoms with E-state index < -0.39 is 0 Å². The topological polar surface area (TPSA) is 68.0 Å². The summed E-state index contributed by atoms with van der Waals surface area (Å²) in [4.78, 5) is 10.0. The van der Waals surface area contributed by atoms with Crippen LogP contribution in [0.4, 0.5) is 0 Å². The molecule has 0 aliphatic heterocycles. The van der Waals surface area contributed by atoms with Gasteiger partial charge < -0.3 is 5.11 Å². The standard InChI is InChI=1S/C8H6N3.C5H8O2.Ir/c1-2-4-8(5-3-1)11-7-6-9-10-11;1-4(6)3-5(2)7;/h1-4,6-7H;3,6H,1-2H3;/q-1;;/b;4-3-;. The molecule has 0 spiro atoms. The summed E-state index contributed by atoms with van der Waals surface area (Å²) in [5.74, 6) is -0.0625. The normalized spacial score (nSPS) is 9.89. The van der Waals surface area contributed by atoms with Crippen LogP contribution in [0.2, 0.25) is 0 Å². The number of nitrogens with zero attached hydrogens (tertiary/aromatic N) is 3. The minimum Gasteiger partial charge on any atom is -0.512 e. The first-order valence-corrected chi connectivity index (χ1v) is 5.31. The second-order valence-corrected chi connectivity index (χ2v) is 3.49. The summed E-state index contributed by atoms with van der Waals surface area (Å²) in [6, 6.07) is 10.7. The van der Waals surface area contributed by atoms with E-state index in [1.54, 1.807) is 17.1 Å². The van der Waals surface area contributed by atoms with E-state index in [-0.39, 0.29) is 31.6 Å². The molecule has 0 unspecified atom stereocenters. The van der Waals surface area contributed by atoms with Gasteiger partial charge in [0, 0.05) is 32.4 Å². The van der Waals surface area contributed by atoms with Crippen LogP contribution in [0.1, 0.15) is 13.8 Å². The fourth-order valence-corrected chi connectivity index (χ4v) is 1.16. The summed E-state index contributed by atoms with van der Waals surface area (Å²) < 4.78 is 1.67. The maximum absolute atomic E-state index is 10.0. The minimum absolute atomic E-state index is 0. The third-order valence-corrected chi connectivity index (χ3v) is 1.77. The zero-order chi connectivity index (χ0) is 13.4. The van der Waals surface area contributed by atoms with Gasteiger partial charge in [-0.25, -0.2) is 4.68 Å². The van der Waals surface area contributed by atoms with E-state index >= 15 is 0 Å². The van der Waals surface area contributed by atoms with Gasteiger partial charge in [-0.1, -0.05) is 5.21 Å². The van der Waals surface area contributed by atoms with Gasteiger partial charge >= 0.3 is 0 Å². The van der Waals surface area contributed by atoms with Gasteiger partial charge in [-0.2, -0.15) is 24.3 Å². The molecule has 5 nitrogen and oxygen atoms in total. The molecule has 0 saturated heterocycles. The molecule has 1 N–H and O–H groups in total. The minimum atomic E-state index is -0.125. The average molecular weight is 436 g/mol. The van der Waals surface area contributed by atoms with Gasteiger partial charge in [-0.05, 0) is 19.5 Å². The first-order chi connectivity index (χ1) is 8.59. The van der Waals surface area contributed by atoms with E-state index in [4.69, 9.17) is 5.11 Å². The summed E-state index contributed by atoms with van der Waals surface area (Å²) in [6.45, 7) is 2.85. The molecule has 19 heavy (non-hydrogen) atoms. The zero-order valence-electron chi connectivity index (χ0n) is 10.6. The Morgan fingerprint density at radius 2 is 2.16 bits per heavy atom. The second-order valence-electron chi connectivity index (χ2n) is 3.49. The number of allylic oxidation sites excluding steroid dienone is 2. The molecule has 0 bridgehead atoms. The van der Waals surface area contributed by atoms with Crippen LogP contribution >= 0.6 is 0 Å². The number of aliphatic hydroxyl groups is 1. The van der Waals surface area contributed by atoms with Crippen LogP contribution in [-0.4, -0.2) is 25.9 Å². The molecule has 0 aliphatic carbocycles. The SMILES string of the molecule is CC(=O)/C=C(/C)O.[Ir].[c-]1ccccc1-n1ccnn1. The number of ketones is 1. The molecule has 6 heteroatoms. The van der Waals surface area contributed by atoms with Crippen molar-refractivity contribution >= 4 is 5.78 Å². The maximum Gasteiger partial charge on any atom is 0.155 e. The first-order valence-electron chi connectivity index (χ1n) is 5.31. The number of carbonyl (C=O) groups excluding carboxylic acids is 1. The summed E-state index contributed by atoms with van der Waals surface area (Å²) in [7, 11) is 0. The van der Waals surface area contributed by atoms with Gasteiger partial charge in [-0.15, -0.1) is 11.2 Å². The Bertz CT molecular complexity index is 506. The molecule has 1 radical (unpaired) electrons. The number of hydrogen-bond acceptors (Lipinski definition) is 4. The smallest absolute Gasteiger partial charge is 0.155 e. The van der Waals surface area contributed by atoms with Crippen molar-refractivity contribution < 1.29 is 30.0 Å². The molecule has 0 amide bonds. The molecular weight excluding hydrogens is 422 g/mol. The molecule has 1 heterocycles. The Morgan fingerprint density at radius 3 is 2.53 bits per heavy atom. The van der Waals surface area contributed by atoms with Gasteiger partial charge in [-0.3, -0.25) is 4.79 Å². The monoisotopic (exact) mass is 437 g/mol. The Hall–Kier alpha value is -1.78. The molecule has 0 atom stereocenters. The second kappa shape index (κ2) is 9.19. The average Bonchev–Trinajstić information content (AvgIpc) is 2.82. The van der Waals surface area contributed by atoms with Crippen LogP contribution in [0.15, 0.2) is 48.5 Å². The van der Waals surface area contributed by atoms with Gasteiger partial charge in [0.05, 0.1) is 12.0 Å². The summed E-state index contributed by atoms with van der Waals surface area (Å²) >= 11 is 0. The van der Waals surface area contributed by atoms with Gasteiger partial charge in [0.25, 0.3) is 0 Å². The Labute approximate surface area is 125 Å². The third kappa shape index (κ3) is 7.28. The van der Waals surface area contributed by atoms with Crippen LogP contribution < -0.4 is 0 Å². The van der Waals surface area contributed by atoms with Crippen molar-refractivity contribution in [1.29, 1.82) is 0 Å². The number of aromatic nitrogens is 3. The van der Waals surface area contributed by atoms with Crippen LogP contribution in [0.25, 0.3) is 5.69 Å². The van der Waals surface area contributed by atoms with Crippen molar-refractivity contribution in [1.82, 2.24) is 15.0 Å². The maximum atomic E-state index is 10.0. The number of para-hydroxylation sites is 1. The molecule has 1 aromatic carbocycles. The third-order valence-electron chi connectivity index (χ3n) is 1.77. The molecule has 103 valence electrons. The van der Waals surface area contributed by atoms with Gasteiger partial charge in [0.2, 0.25) is 0 Å². The van der Waals surface area contributed by atoms with Crippen LogP contribution in [0.3, 0.4) is 0 Å². The molecule has 0 saturated carbocycles. The Morgan fingerprint density at radius 1 is 1.42 bits per heavy atom. The van der Waals surface area contributed by atoms with Crippen molar-refractivity contribution in [3.05, 3.63) is 54.6 Å². The summed E-state index contributed by atoms with van der Waals surface area (Å²) in [6.07, 6.45) is 4.59. The van der Waals surface area contributed by atoms with E-state index in [0.29, 0.717) is 0 Å². The van der Waals surface area contributed by atoms with E-state index in [1.807, 2.05) is 24.3 Å². The van der Waals surface area contributed by atoms with E-state index in [9.17, 15) is 4.79 Å². The van der Waals surface area contributed by atoms with E-state index in [0.717, 1.165) is 5.69 Å². The number of rotatable bonds is 2. The number of carbonyl (C=O) groups is 1. The fourth-order valence-electron chi connectivity index (χ4n) is 1.16. The molecule has 0 aliphatic rings. The summed E-state index contributed by atoms with van der Waals surface area (Å²) in [5.41, 5.74) is 0.907. The van der Waals surface area contributed by atoms with Gasteiger partial charge in [0.15, 0.2) is 5.78 Å². The first kappa shape index (κ1) is 17.2. The number of benzene rings is 1. The van der Waals surface area contributed by atoms with Crippen LogP contribution in [0.5, 0.6) is 0 Å². The number of hydrogen-bond donors (Lipinski definition) is 1. The quantitative estimate of drug-likeness (QED) is 0.445. The van der Waals surface area contributed by atoms with E-state index in [2.05, 4.69) is 16.4 Å². The van der Waals surface area contributed by atoms with Crippen LogP contribution in [0, 0.1) is 6.07 Å². The zero-order valence-corrected chi connectivity index (χ0v) is 13.0. The molecule has 2 rings (SSSR count). The number of aliphatic hydroxyl groups excluding tert-OH is 1. The van der Waals surface area contributed by atoms with Crippen LogP contribution in [-0.2, 0) is 24.9 Å². The van der Waals surface area contributed by atoms with Crippen molar-refractivity contribution in [2.24, 2.45) is 0 Å². The predicted molar refractivity (Wildman–Crippen MR) is 67.3 cm³/mol. The van der Waals surface area contributed by atoms with Crippen molar-refractivity contribution in [3.63, 3.8) is 0 Å². The predicted octanol–water partition coefficient (Wildman–Crippen LogP) is 2.10. The molecular formula is C13H14IrN3O2-. The Balaban J connectivity index is 0.000000360. The van der Waals surface area contributed by atoms with Crippen molar-refractivity contribution in [2.75, 3.05) is 0 Å². The van der Waals surface area contributed by atoms with E-state index in [1.165, 1.54) is 19.9 Å². The summed E-state index contributed by atoms with van der Waals surface area (Å²) in [5, 5.41) is 15.9. The van der Waals surface area contributed by atoms with Crippen molar-refractivity contribution in [2.45, 2.75) is 13.8 Å². The van der Waals surface area contributed by atoms with Crippen molar-refractivity contribution in [3.8, 4) is 5.69 Å².